The highest BCUT2D eigenvalue weighted by atomic mass is 35.5. The monoisotopic (exact) mass is 598 g/mol. The van der Waals surface area contributed by atoms with Gasteiger partial charge in [0.2, 0.25) is 0 Å². The van der Waals surface area contributed by atoms with Crippen LogP contribution in [0.25, 0.3) is 33.1 Å². The number of aliphatic hydroxyl groups is 1. The number of alkyl halides is 1. The molecule has 2 unspecified atom stereocenters. The number of aromatic nitrogens is 3. The predicted octanol–water partition coefficient (Wildman–Crippen LogP) is 4.34. The van der Waals surface area contributed by atoms with Gasteiger partial charge in [-0.3, -0.25) is 14.2 Å². The van der Waals surface area contributed by atoms with Crippen LogP contribution in [0.2, 0.25) is 0 Å². The average Bonchev–Trinajstić information content (AvgIpc) is 3.34. The largest absolute Gasteiger partial charge is 0.497 e. The third-order valence-corrected chi connectivity index (χ3v) is 8.81. The number of ether oxygens (including phenoxy) is 1. The number of aryl methyl sites for hydroxylation is 1. The summed E-state index contributed by atoms with van der Waals surface area (Å²) in [6.45, 7) is 5.26. The van der Waals surface area contributed by atoms with E-state index in [2.05, 4.69) is 4.98 Å². The number of carbonyl (C=O) groups excluding carboxylic acids is 1. The number of hydrogen-bond donors (Lipinski definition) is 3. The number of primary amides is 1. The van der Waals surface area contributed by atoms with E-state index in [9.17, 15) is 19.5 Å². The zero-order valence-electron chi connectivity index (χ0n) is 24.4. The van der Waals surface area contributed by atoms with Crippen molar-refractivity contribution in [1.82, 2.24) is 14.1 Å². The number of carbonyl (C=O) groups is 1. The van der Waals surface area contributed by atoms with Crippen LogP contribution in [0.4, 0.5) is 0 Å². The van der Waals surface area contributed by atoms with Crippen molar-refractivity contribution in [1.29, 1.82) is 0 Å². The second-order valence-electron chi connectivity index (χ2n) is 11.5. The van der Waals surface area contributed by atoms with Crippen LogP contribution in [0.15, 0.2) is 70.3 Å². The molecular weight excluding hydrogens is 568 g/mol. The summed E-state index contributed by atoms with van der Waals surface area (Å²) in [6, 6.07) is 16.0. The van der Waals surface area contributed by atoms with Crippen molar-refractivity contribution in [2.45, 2.75) is 37.7 Å². The summed E-state index contributed by atoms with van der Waals surface area (Å²) in [5, 5.41) is 11.1. The van der Waals surface area contributed by atoms with E-state index < -0.39 is 34.1 Å². The van der Waals surface area contributed by atoms with E-state index in [0.717, 1.165) is 22.0 Å². The fourth-order valence-electron chi connectivity index (χ4n) is 6.16. The Bertz CT molecular complexity index is 2130. The minimum Gasteiger partial charge on any atom is -0.497 e. The second-order valence-corrected chi connectivity index (χ2v) is 12.0. The summed E-state index contributed by atoms with van der Waals surface area (Å²) in [7, 11) is 3.14. The summed E-state index contributed by atoms with van der Waals surface area (Å²) in [5.41, 5.74) is 9.15. The molecule has 0 spiro atoms. The Kier molecular flexibility index (Phi) is 6.63. The van der Waals surface area contributed by atoms with Crippen molar-refractivity contribution >= 4 is 44.9 Å². The standard InChI is InChI=1S/C33H31ClN4O5/c1-16-19(7-6-8-25(16)38-31(40)21-12-10-18(43-5)14-26(21)37(4)32(38)41)27-23(34)15-22(30(35)39)29-28(27)20-11-9-17(33(2,3)42)13-24(20)36-29/h6-15,23,27,36,42H,1-5H3,(H2,35,39). The van der Waals surface area contributed by atoms with Gasteiger partial charge in [0.1, 0.15) is 5.75 Å². The summed E-state index contributed by atoms with van der Waals surface area (Å²) < 4.78 is 7.90. The number of rotatable bonds is 5. The molecular formula is C33H31ClN4O5. The lowest BCUT2D eigenvalue weighted by Gasteiger charge is -2.29. The van der Waals surface area contributed by atoms with Crippen LogP contribution < -0.4 is 21.7 Å². The molecule has 1 amide bonds. The van der Waals surface area contributed by atoms with E-state index in [1.54, 1.807) is 57.3 Å². The number of aromatic amines is 1. The highest BCUT2D eigenvalue weighted by molar-refractivity contribution is 6.28. The maximum atomic E-state index is 13.8. The third-order valence-electron chi connectivity index (χ3n) is 8.44. The minimum absolute atomic E-state index is 0.274. The normalized spacial score (nSPS) is 16.8. The van der Waals surface area contributed by atoms with Gasteiger partial charge in [0.25, 0.3) is 11.5 Å². The van der Waals surface area contributed by atoms with Crippen molar-refractivity contribution in [3.05, 3.63) is 109 Å². The van der Waals surface area contributed by atoms with Crippen molar-refractivity contribution in [3.63, 3.8) is 0 Å². The van der Waals surface area contributed by atoms with E-state index in [1.807, 2.05) is 31.2 Å². The van der Waals surface area contributed by atoms with Gasteiger partial charge in [0, 0.05) is 29.9 Å². The number of nitrogens with one attached hydrogen (secondary N) is 1. The molecule has 0 saturated heterocycles. The first kappa shape index (κ1) is 28.5. The number of benzene rings is 3. The molecule has 0 fully saturated rings. The van der Waals surface area contributed by atoms with Gasteiger partial charge < -0.3 is 20.6 Å². The highest BCUT2D eigenvalue weighted by Gasteiger charge is 2.36. The zero-order chi connectivity index (χ0) is 31.0. The van der Waals surface area contributed by atoms with Gasteiger partial charge in [-0.25, -0.2) is 9.36 Å². The number of methoxy groups -OCH3 is 1. The Labute approximate surface area is 251 Å². The van der Waals surface area contributed by atoms with E-state index in [1.165, 1.54) is 16.2 Å². The van der Waals surface area contributed by atoms with Gasteiger partial charge in [0.15, 0.2) is 0 Å². The fourth-order valence-corrected chi connectivity index (χ4v) is 6.54. The quantitative estimate of drug-likeness (QED) is 0.259. The Morgan fingerprint density at radius 1 is 1.09 bits per heavy atom. The zero-order valence-corrected chi connectivity index (χ0v) is 25.1. The van der Waals surface area contributed by atoms with Gasteiger partial charge in [-0.1, -0.05) is 30.3 Å². The molecule has 5 aromatic rings. The summed E-state index contributed by atoms with van der Waals surface area (Å²) in [5.74, 6) is -0.533. The first-order chi connectivity index (χ1) is 20.3. The van der Waals surface area contributed by atoms with Crippen LogP contribution in [0.1, 0.15) is 47.7 Å². The van der Waals surface area contributed by atoms with E-state index in [0.29, 0.717) is 39.2 Å². The molecule has 2 aromatic heterocycles. The lowest BCUT2D eigenvalue weighted by atomic mass is 9.78. The van der Waals surface area contributed by atoms with Crippen molar-refractivity contribution in [2.24, 2.45) is 12.8 Å². The minimum atomic E-state index is -1.08. The Balaban J connectivity index is 1.60. The van der Waals surface area contributed by atoms with Gasteiger partial charge >= 0.3 is 5.69 Å². The first-order valence-electron chi connectivity index (χ1n) is 13.8. The number of H-pyrrole nitrogens is 1. The lowest BCUT2D eigenvalue weighted by Crippen LogP contribution is -2.38. The molecule has 0 saturated carbocycles. The van der Waals surface area contributed by atoms with Crippen LogP contribution >= 0.6 is 11.6 Å². The highest BCUT2D eigenvalue weighted by Crippen LogP contribution is 2.46. The molecule has 43 heavy (non-hydrogen) atoms. The van der Waals surface area contributed by atoms with Crippen LogP contribution in [0.5, 0.6) is 5.75 Å². The Hall–Kier alpha value is -4.60. The molecule has 1 aliphatic carbocycles. The molecule has 4 N–H and O–H groups in total. The number of nitrogens with two attached hydrogens (primary N) is 1. The predicted molar refractivity (Wildman–Crippen MR) is 168 cm³/mol. The number of hydrogen-bond acceptors (Lipinski definition) is 5. The van der Waals surface area contributed by atoms with E-state index in [-0.39, 0.29) is 5.57 Å². The topological polar surface area (TPSA) is 132 Å². The summed E-state index contributed by atoms with van der Waals surface area (Å²) in [6.07, 6.45) is 1.64. The molecule has 0 radical (unpaired) electrons. The van der Waals surface area contributed by atoms with Gasteiger partial charge in [-0.2, -0.15) is 0 Å². The molecule has 10 heteroatoms. The number of allylic oxidation sites excluding steroid dienone is 1. The van der Waals surface area contributed by atoms with Gasteiger partial charge in [0.05, 0.1) is 45.9 Å². The van der Waals surface area contributed by atoms with E-state index in [4.69, 9.17) is 22.1 Å². The van der Waals surface area contributed by atoms with Crippen LogP contribution in [0.3, 0.4) is 0 Å². The van der Waals surface area contributed by atoms with Crippen molar-refractivity contribution in [2.75, 3.05) is 7.11 Å². The maximum absolute atomic E-state index is 13.8. The molecule has 2 atom stereocenters. The molecule has 220 valence electrons. The lowest BCUT2D eigenvalue weighted by molar-refractivity contribution is -0.112. The molecule has 0 aliphatic heterocycles. The summed E-state index contributed by atoms with van der Waals surface area (Å²) >= 11 is 7.03. The average molecular weight is 599 g/mol. The van der Waals surface area contributed by atoms with E-state index >= 15 is 0 Å². The SMILES string of the molecule is COc1ccc2c(=O)n(-c3cccc(C4c5c([nH]c6cc(C(C)(C)O)ccc56)C(C(N)=O)=CC4Cl)c3C)c(=O)n(C)c2c1. The van der Waals surface area contributed by atoms with Crippen molar-refractivity contribution in [3.8, 4) is 11.4 Å². The second kappa shape index (κ2) is 10.00. The smallest absolute Gasteiger partial charge is 0.335 e. The summed E-state index contributed by atoms with van der Waals surface area (Å²) in [4.78, 5) is 43.3. The molecule has 0 bridgehead atoms. The fraction of sp³-hybridized carbons (Fsp3) is 0.242. The number of amides is 1. The Morgan fingerprint density at radius 2 is 1.81 bits per heavy atom. The first-order valence-corrected chi connectivity index (χ1v) is 14.2. The van der Waals surface area contributed by atoms with Crippen molar-refractivity contribution < 1.29 is 14.6 Å². The van der Waals surface area contributed by atoms with Crippen LogP contribution in [0, 0.1) is 6.92 Å². The van der Waals surface area contributed by atoms with Gasteiger partial charge in [-0.15, -0.1) is 11.6 Å². The third kappa shape index (κ3) is 4.38. The molecule has 1 aliphatic rings. The maximum Gasteiger partial charge on any atom is 0.335 e. The number of halogens is 1. The molecule has 3 aromatic carbocycles. The number of fused-ring (bicyclic) bond motifs is 4. The van der Waals surface area contributed by atoms with Crippen LogP contribution in [-0.2, 0) is 17.4 Å². The molecule has 9 nitrogen and oxygen atoms in total. The molecule has 2 heterocycles. The van der Waals surface area contributed by atoms with Gasteiger partial charge in [-0.05, 0) is 67.3 Å². The Morgan fingerprint density at radius 3 is 2.49 bits per heavy atom. The molecule has 6 rings (SSSR count). The number of nitrogens with zero attached hydrogens (tertiary/aromatic N) is 2. The van der Waals surface area contributed by atoms with Crippen LogP contribution in [-0.4, -0.2) is 37.6 Å².